The van der Waals surface area contributed by atoms with Crippen molar-refractivity contribution in [3.63, 3.8) is 0 Å². The minimum atomic E-state index is 0.0814. The smallest absolute Gasteiger partial charge is 0.152 e. The van der Waals surface area contributed by atoms with Crippen LogP contribution in [0.5, 0.6) is 0 Å². The summed E-state index contributed by atoms with van der Waals surface area (Å²) in [5, 5.41) is 3.24. The molecule has 0 N–H and O–H groups in total. The van der Waals surface area contributed by atoms with Crippen LogP contribution in [0.15, 0.2) is 23.6 Å². The number of fused-ring (bicyclic) bond motifs is 1. The average Bonchev–Trinajstić information content (AvgIpc) is 2.61. The zero-order valence-electron chi connectivity index (χ0n) is 8.42. The van der Waals surface area contributed by atoms with E-state index in [0.29, 0.717) is 6.42 Å². The molecular weight excluding hydrogens is 228 g/mol. The number of halogens is 1. The minimum absolute atomic E-state index is 0.0814. The number of Topliss-reactive ketones (excluding diaryl/α,β-unsaturated/α-hetero) is 1. The lowest BCUT2D eigenvalue weighted by molar-refractivity contribution is -0.116. The Balaban J connectivity index is 2.43. The van der Waals surface area contributed by atoms with E-state index in [-0.39, 0.29) is 11.7 Å². The fourth-order valence-corrected chi connectivity index (χ4v) is 2.63. The quantitative estimate of drug-likeness (QED) is 0.748. The Morgan fingerprint density at radius 1 is 1.47 bits per heavy atom. The summed E-state index contributed by atoms with van der Waals surface area (Å²) in [6.07, 6.45) is 0.451. The predicted molar refractivity (Wildman–Crippen MR) is 66.0 cm³/mol. The van der Waals surface area contributed by atoms with Crippen molar-refractivity contribution in [1.82, 2.24) is 0 Å². The molecule has 15 heavy (non-hydrogen) atoms. The van der Waals surface area contributed by atoms with Crippen molar-refractivity contribution >= 4 is 38.8 Å². The Bertz CT molecular complexity index is 501. The van der Waals surface area contributed by atoms with E-state index in [1.54, 1.807) is 11.3 Å². The van der Waals surface area contributed by atoms with Crippen molar-refractivity contribution < 1.29 is 4.79 Å². The number of rotatable bonds is 3. The van der Waals surface area contributed by atoms with Crippen LogP contribution in [0.2, 0.25) is 0 Å². The summed E-state index contributed by atoms with van der Waals surface area (Å²) in [6.45, 7) is 2.06. The summed E-state index contributed by atoms with van der Waals surface area (Å²) in [4.78, 5) is 11.3. The first kappa shape index (κ1) is 10.7. The Labute approximate surface area is 97.7 Å². The number of alkyl halides is 1. The van der Waals surface area contributed by atoms with Gasteiger partial charge in [-0.3, -0.25) is 4.79 Å². The predicted octanol–water partition coefficient (Wildman–Crippen LogP) is 3.56. The molecule has 1 aromatic heterocycles. The molecule has 0 aliphatic heterocycles. The summed E-state index contributed by atoms with van der Waals surface area (Å²) in [5.41, 5.74) is 2.32. The fourth-order valence-electron chi connectivity index (χ4n) is 1.59. The van der Waals surface area contributed by atoms with Gasteiger partial charge in [-0.05, 0) is 29.3 Å². The molecule has 0 fully saturated rings. The van der Waals surface area contributed by atoms with Crippen LogP contribution in [0.1, 0.15) is 11.1 Å². The molecule has 0 amide bonds. The Morgan fingerprint density at radius 3 is 3.00 bits per heavy atom. The normalized spacial score (nSPS) is 10.8. The number of aryl methyl sites for hydroxylation is 1. The number of thiophene rings is 1. The van der Waals surface area contributed by atoms with E-state index in [0.717, 1.165) is 5.56 Å². The Morgan fingerprint density at radius 2 is 2.27 bits per heavy atom. The lowest BCUT2D eigenvalue weighted by Gasteiger charge is -1.98. The van der Waals surface area contributed by atoms with Gasteiger partial charge in [0.15, 0.2) is 5.78 Å². The molecule has 0 aliphatic rings. The van der Waals surface area contributed by atoms with Crippen molar-refractivity contribution in [3.05, 3.63) is 34.7 Å². The Kier molecular flexibility index (Phi) is 3.08. The van der Waals surface area contributed by atoms with Crippen molar-refractivity contribution in [2.45, 2.75) is 13.3 Å². The van der Waals surface area contributed by atoms with Crippen LogP contribution in [0, 0.1) is 6.92 Å². The molecule has 1 aromatic carbocycles. The highest BCUT2D eigenvalue weighted by molar-refractivity contribution is 7.17. The van der Waals surface area contributed by atoms with Crippen molar-refractivity contribution in [2.24, 2.45) is 0 Å². The first-order valence-electron chi connectivity index (χ1n) is 4.75. The van der Waals surface area contributed by atoms with Gasteiger partial charge >= 0.3 is 0 Å². The molecule has 3 heteroatoms. The molecule has 0 saturated carbocycles. The largest absolute Gasteiger partial charge is 0.298 e. The summed E-state index contributed by atoms with van der Waals surface area (Å²) < 4.78 is 1.23. The minimum Gasteiger partial charge on any atom is -0.298 e. The lowest BCUT2D eigenvalue weighted by Crippen LogP contribution is -2.02. The summed E-state index contributed by atoms with van der Waals surface area (Å²) >= 11 is 7.19. The average molecular weight is 239 g/mol. The van der Waals surface area contributed by atoms with Gasteiger partial charge in [0.2, 0.25) is 0 Å². The van der Waals surface area contributed by atoms with Gasteiger partial charge in [-0.1, -0.05) is 17.7 Å². The SMILES string of the molecule is Cc1ccc2scc(CC(=O)CCl)c2c1. The van der Waals surface area contributed by atoms with Gasteiger partial charge in [-0.2, -0.15) is 0 Å². The number of benzene rings is 1. The third-order valence-corrected chi connectivity index (χ3v) is 3.66. The molecule has 0 spiro atoms. The lowest BCUT2D eigenvalue weighted by atomic mass is 10.1. The molecule has 78 valence electrons. The number of carbonyl (C=O) groups excluding carboxylic acids is 1. The van der Waals surface area contributed by atoms with Gasteiger partial charge in [0.05, 0.1) is 5.88 Å². The molecule has 2 rings (SSSR count). The fraction of sp³-hybridized carbons (Fsp3) is 0.250. The molecule has 0 saturated heterocycles. The monoisotopic (exact) mass is 238 g/mol. The van der Waals surface area contributed by atoms with E-state index in [9.17, 15) is 4.79 Å². The van der Waals surface area contributed by atoms with Gasteiger partial charge in [0.1, 0.15) is 0 Å². The maximum atomic E-state index is 11.3. The highest BCUT2D eigenvalue weighted by Crippen LogP contribution is 2.27. The van der Waals surface area contributed by atoms with Crippen LogP contribution in [0.25, 0.3) is 10.1 Å². The first-order valence-corrected chi connectivity index (χ1v) is 6.16. The van der Waals surface area contributed by atoms with Crippen molar-refractivity contribution in [1.29, 1.82) is 0 Å². The topological polar surface area (TPSA) is 17.1 Å². The van der Waals surface area contributed by atoms with Gasteiger partial charge in [-0.25, -0.2) is 0 Å². The molecule has 1 heterocycles. The number of carbonyl (C=O) groups is 1. The van der Waals surface area contributed by atoms with E-state index in [1.165, 1.54) is 15.6 Å². The zero-order valence-corrected chi connectivity index (χ0v) is 9.99. The molecule has 0 atom stereocenters. The van der Waals surface area contributed by atoms with Crippen LogP contribution in [0.3, 0.4) is 0 Å². The second kappa shape index (κ2) is 4.33. The summed E-state index contributed by atoms with van der Waals surface area (Å²) in [5.74, 6) is 0.182. The van der Waals surface area contributed by atoms with Crippen LogP contribution < -0.4 is 0 Å². The van der Waals surface area contributed by atoms with E-state index >= 15 is 0 Å². The molecule has 1 nitrogen and oxygen atoms in total. The van der Waals surface area contributed by atoms with Crippen LogP contribution in [-0.4, -0.2) is 11.7 Å². The third-order valence-electron chi connectivity index (χ3n) is 2.35. The van der Waals surface area contributed by atoms with Gasteiger partial charge < -0.3 is 0 Å². The molecule has 0 bridgehead atoms. The van der Waals surface area contributed by atoms with E-state index in [2.05, 4.69) is 30.5 Å². The third kappa shape index (κ3) is 2.21. The van der Waals surface area contributed by atoms with Crippen molar-refractivity contribution in [3.8, 4) is 0 Å². The van der Waals surface area contributed by atoms with Crippen molar-refractivity contribution in [2.75, 3.05) is 5.88 Å². The first-order chi connectivity index (χ1) is 7.20. The number of hydrogen-bond donors (Lipinski definition) is 0. The molecule has 0 unspecified atom stereocenters. The van der Waals surface area contributed by atoms with E-state index in [1.807, 2.05) is 0 Å². The van der Waals surface area contributed by atoms with Crippen LogP contribution in [-0.2, 0) is 11.2 Å². The second-order valence-electron chi connectivity index (χ2n) is 3.61. The van der Waals surface area contributed by atoms with Crippen LogP contribution >= 0.6 is 22.9 Å². The van der Waals surface area contributed by atoms with E-state index < -0.39 is 0 Å². The maximum absolute atomic E-state index is 11.3. The second-order valence-corrected chi connectivity index (χ2v) is 4.79. The Hall–Kier alpha value is -0.860. The molecule has 0 radical (unpaired) electrons. The van der Waals surface area contributed by atoms with Crippen LogP contribution in [0.4, 0.5) is 0 Å². The molecular formula is C12H11ClOS. The summed E-state index contributed by atoms with van der Waals surface area (Å²) in [6, 6.07) is 6.32. The molecule has 0 aliphatic carbocycles. The maximum Gasteiger partial charge on any atom is 0.152 e. The highest BCUT2D eigenvalue weighted by atomic mass is 35.5. The van der Waals surface area contributed by atoms with Gasteiger partial charge in [-0.15, -0.1) is 22.9 Å². The number of hydrogen-bond acceptors (Lipinski definition) is 2. The van der Waals surface area contributed by atoms with Gasteiger partial charge in [0.25, 0.3) is 0 Å². The molecule has 2 aromatic rings. The zero-order chi connectivity index (χ0) is 10.8. The number of ketones is 1. The van der Waals surface area contributed by atoms with E-state index in [4.69, 9.17) is 11.6 Å². The standard InChI is InChI=1S/C12H11ClOS/c1-8-2-3-12-11(4-8)9(7-15-12)5-10(14)6-13/h2-4,7H,5-6H2,1H3. The summed E-state index contributed by atoms with van der Waals surface area (Å²) in [7, 11) is 0. The van der Waals surface area contributed by atoms with Gasteiger partial charge in [0, 0.05) is 11.1 Å². The highest BCUT2D eigenvalue weighted by Gasteiger charge is 2.08.